The molecule has 0 aliphatic carbocycles. The summed E-state index contributed by atoms with van der Waals surface area (Å²) in [7, 11) is 0. The third-order valence-corrected chi connectivity index (χ3v) is 5.54. The molecule has 1 amide bonds. The quantitative estimate of drug-likeness (QED) is 0.525. The van der Waals surface area contributed by atoms with Gasteiger partial charge < -0.3 is 10.2 Å². The maximum Gasteiger partial charge on any atom is 0.256 e. The maximum atomic E-state index is 13.1. The summed E-state index contributed by atoms with van der Waals surface area (Å²) in [5.74, 6) is 0.0867. The zero-order chi connectivity index (χ0) is 20.3. The molecule has 0 fully saturated rings. The van der Waals surface area contributed by atoms with Gasteiger partial charge in [-0.1, -0.05) is 36.4 Å². The van der Waals surface area contributed by atoms with Gasteiger partial charge in [0.25, 0.3) is 5.91 Å². The Morgan fingerprint density at radius 1 is 0.933 bits per heavy atom. The highest BCUT2D eigenvalue weighted by atomic mass is 16.2. The highest BCUT2D eigenvalue weighted by molar-refractivity contribution is 6.03. The first kappa shape index (κ1) is 18.3. The third kappa shape index (κ3) is 3.62. The molecule has 5 rings (SSSR count). The molecular formula is C25H22N4O. The van der Waals surface area contributed by atoms with E-state index in [2.05, 4.69) is 28.5 Å². The summed E-state index contributed by atoms with van der Waals surface area (Å²) in [6.07, 6.45) is 4.30. The first-order chi connectivity index (χ1) is 14.8. The van der Waals surface area contributed by atoms with Gasteiger partial charge in [0.15, 0.2) is 0 Å². The van der Waals surface area contributed by atoms with Crippen LogP contribution in [0.3, 0.4) is 0 Å². The number of carbonyl (C=O) groups excluding carboxylic acids is 1. The van der Waals surface area contributed by atoms with Gasteiger partial charge in [-0.2, -0.15) is 0 Å². The zero-order valence-corrected chi connectivity index (χ0v) is 16.6. The Kier molecular flexibility index (Phi) is 4.85. The van der Waals surface area contributed by atoms with Gasteiger partial charge in [0.1, 0.15) is 0 Å². The lowest BCUT2D eigenvalue weighted by Gasteiger charge is -2.16. The van der Waals surface area contributed by atoms with Gasteiger partial charge in [-0.3, -0.25) is 14.8 Å². The smallest absolute Gasteiger partial charge is 0.256 e. The molecule has 0 radical (unpaired) electrons. The van der Waals surface area contributed by atoms with Crippen LogP contribution in [0.1, 0.15) is 27.2 Å². The van der Waals surface area contributed by atoms with Crippen molar-refractivity contribution in [2.24, 2.45) is 0 Å². The minimum atomic E-state index is 0.0867. The van der Waals surface area contributed by atoms with E-state index in [9.17, 15) is 4.79 Å². The maximum absolute atomic E-state index is 13.1. The highest BCUT2D eigenvalue weighted by Crippen LogP contribution is 2.30. The fourth-order valence-electron chi connectivity index (χ4n) is 3.94. The van der Waals surface area contributed by atoms with E-state index in [1.807, 2.05) is 53.4 Å². The van der Waals surface area contributed by atoms with Gasteiger partial charge in [-0.15, -0.1) is 0 Å². The van der Waals surface area contributed by atoms with Crippen LogP contribution in [0, 0.1) is 0 Å². The van der Waals surface area contributed by atoms with Crippen LogP contribution in [0.2, 0.25) is 0 Å². The SMILES string of the molecule is O=C1c2c(cccc2NCc2ccncc2)CN1CCc1ccc2ccccc2n1. The molecule has 0 unspecified atom stereocenters. The average Bonchev–Trinajstić information content (AvgIpc) is 3.13. The van der Waals surface area contributed by atoms with Crippen LogP contribution >= 0.6 is 0 Å². The Morgan fingerprint density at radius 3 is 2.70 bits per heavy atom. The summed E-state index contributed by atoms with van der Waals surface area (Å²) in [5, 5.41) is 4.55. The Bertz CT molecular complexity index is 1210. The third-order valence-electron chi connectivity index (χ3n) is 5.54. The summed E-state index contributed by atoms with van der Waals surface area (Å²) in [5.41, 5.74) is 5.89. The van der Waals surface area contributed by atoms with E-state index < -0.39 is 0 Å². The molecule has 1 N–H and O–H groups in total. The van der Waals surface area contributed by atoms with Gasteiger partial charge in [0, 0.05) is 55.2 Å². The number of aromatic nitrogens is 2. The van der Waals surface area contributed by atoms with Crippen LogP contribution in [0.4, 0.5) is 5.69 Å². The summed E-state index contributed by atoms with van der Waals surface area (Å²) >= 11 is 0. The number of carbonyl (C=O) groups is 1. The number of fused-ring (bicyclic) bond motifs is 2. The lowest BCUT2D eigenvalue weighted by atomic mass is 10.1. The lowest BCUT2D eigenvalue weighted by molar-refractivity contribution is 0.0780. The van der Waals surface area contributed by atoms with Crippen LogP contribution in [0.15, 0.2) is 79.1 Å². The first-order valence-corrected chi connectivity index (χ1v) is 10.2. The van der Waals surface area contributed by atoms with Gasteiger partial charge in [0.05, 0.1) is 11.1 Å². The summed E-state index contributed by atoms with van der Waals surface area (Å²) in [6.45, 7) is 1.96. The fraction of sp³-hybridized carbons (Fsp3) is 0.160. The largest absolute Gasteiger partial charge is 0.380 e. The molecule has 1 aliphatic heterocycles. The van der Waals surface area contributed by atoms with Crippen molar-refractivity contribution >= 4 is 22.5 Å². The Morgan fingerprint density at radius 2 is 1.80 bits per heavy atom. The molecule has 4 aromatic rings. The van der Waals surface area contributed by atoms with E-state index >= 15 is 0 Å². The number of benzene rings is 2. The molecule has 0 saturated carbocycles. The number of hydrogen-bond donors (Lipinski definition) is 1. The number of nitrogens with one attached hydrogen (secondary N) is 1. The van der Waals surface area contributed by atoms with Crippen LogP contribution in [-0.4, -0.2) is 27.3 Å². The van der Waals surface area contributed by atoms with Gasteiger partial charge >= 0.3 is 0 Å². The normalized spacial score (nSPS) is 12.9. The highest BCUT2D eigenvalue weighted by Gasteiger charge is 2.29. The molecule has 2 aromatic heterocycles. The number of anilines is 1. The predicted octanol–water partition coefficient (Wildman–Crippen LogP) is 4.44. The predicted molar refractivity (Wildman–Crippen MR) is 118 cm³/mol. The summed E-state index contributed by atoms with van der Waals surface area (Å²) in [6, 6.07) is 22.2. The second kappa shape index (κ2) is 7.95. The monoisotopic (exact) mass is 394 g/mol. The number of amides is 1. The molecule has 0 saturated heterocycles. The summed E-state index contributed by atoms with van der Waals surface area (Å²) in [4.78, 5) is 23.8. The van der Waals surface area contributed by atoms with Gasteiger partial charge in [0.2, 0.25) is 0 Å². The van der Waals surface area contributed by atoms with E-state index in [1.165, 1.54) is 0 Å². The Hall–Kier alpha value is -3.73. The van der Waals surface area contributed by atoms with Gasteiger partial charge in [-0.05, 0) is 41.5 Å². The van der Waals surface area contributed by atoms with Crippen molar-refractivity contribution < 1.29 is 4.79 Å². The molecule has 1 aliphatic rings. The van der Waals surface area contributed by atoms with Crippen molar-refractivity contribution in [1.82, 2.24) is 14.9 Å². The molecule has 30 heavy (non-hydrogen) atoms. The van der Waals surface area contributed by atoms with E-state index in [4.69, 9.17) is 4.98 Å². The van der Waals surface area contributed by atoms with Crippen LogP contribution in [0.5, 0.6) is 0 Å². The van der Waals surface area contributed by atoms with Gasteiger partial charge in [-0.25, -0.2) is 0 Å². The van der Waals surface area contributed by atoms with Crippen molar-refractivity contribution in [2.75, 3.05) is 11.9 Å². The van der Waals surface area contributed by atoms with Crippen LogP contribution in [-0.2, 0) is 19.5 Å². The van der Waals surface area contributed by atoms with Crippen LogP contribution < -0.4 is 5.32 Å². The molecule has 2 aromatic carbocycles. The minimum absolute atomic E-state index is 0.0867. The van der Waals surface area contributed by atoms with Crippen molar-refractivity contribution in [2.45, 2.75) is 19.5 Å². The molecule has 5 nitrogen and oxygen atoms in total. The molecular weight excluding hydrogens is 372 g/mol. The number of rotatable bonds is 6. The number of hydrogen-bond acceptors (Lipinski definition) is 4. The van der Waals surface area contributed by atoms with Crippen molar-refractivity contribution in [3.05, 3.63) is 102 Å². The van der Waals surface area contributed by atoms with Crippen molar-refractivity contribution in [1.29, 1.82) is 0 Å². The van der Waals surface area contributed by atoms with Crippen LogP contribution in [0.25, 0.3) is 10.9 Å². The Labute approximate surface area is 175 Å². The Balaban J connectivity index is 1.28. The minimum Gasteiger partial charge on any atom is -0.380 e. The standard InChI is InChI=1S/C25H22N4O/c30-25-24-20(5-3-7-23(24)27-16-18-10-13-26-14-11-18)17-29(25)15-12-21-9-8-19-4-1-2-6-22(19)28-21/h1-11,13-14,27H,12,15-17H2. The summed E-state index contributed by atoms with van der Waals surface area (Å²) < 4.78 is 0. The molecule has 0 atom stereocenters. The molecule has 0 bridgehead atoms. The fourth-order valence-corrected chi connectivity index (χ4v) is 3.94. The van der Waals surface area contributed by atoms with E-state index in [1.54, 1.807) is 12.4 Å². The van der Waals surface area contributed by atoms with E-state index in [0.717, 1.165) is 45.4 Å². The number of nitrogens with zero attached hydrogens (tertiary/aromatic N) is 3. The van der Waals surface area contributed by atoms with E-state index in [0.29, 0.717) is 19.6 Å². The second-order valence-corrected chi connectivity index (χ2v) is 7.52. The zero-order valence-electron chi connectivity index (χ0n) is 16.6. The second-order valence-electron chi connectivity index (χ2n) is 7.52. The van der Waals surface area contributed by atoms with Crippen molar-refractivity contribution in [3.63, 3.8) is 0 Å². The average molecular weight is 394 g/mol. The topological polar surface area (TPSA) is 58.1 Å². The molecule has 5 heteroatoms. The number of para-hydroxylation sites is 1. The molecule has 0 spiro atoms. The molecule has 148 valence electrons. The number of pyridine rings is 2. The lowest BCUT2D eigenvalue weighted by Crippen LogP contribution is -2.26. The first-order valence-electron chi connectivity index (χ1n) is 10.2. The van der Waals surface area contributed by atoms with Crippen molar-refractivity contribution in [3.8, 4) is 0 Å². The molecule has 3 heterocycles. The van der Waals surface area contributed by atoms with E-state index in [-0.39, 0.29) is 5.91 Å².